The molecule has 0 radical (unpaired) electrons. The van der Waals surface area contributed by atoms with Gasteiger partial charge in [-0.05, 0) is 112 Å². The van der Waals surface area contributed by atoms with Crippen LogP contribution in [0.25, 0.3) is 0 Å². The summed E-state index contributed by atoms with van der Waals surface area (Å²) in [6.07, 6.45) is 19.4. The Kier molecular flexibility index (Phi) is 7.45. The summed E-state index contributed by atoms with van der Waals surface area (Å²) in [5, 5.41) is 10.6. The van der Waals surface area contributed by atoms with Gasteiger partial charge in [0.25, 0.3) is 0 Å². The van der Waals surface area contributed by atoms with E-state index in [1.807, 2.05) is 0 Å². The maximum absolute atomic E-state index is 11.9. The van der Waals surface area contributed by atoms with E-state index in [2.05, 4.69) is 26.8 Å². The van der Waals surface area contributed by atoms with Crippen LogP contribution in [0.3, 0.4) is 0 Å². The Labute approximate surface area is 196 Å². The maximum Gasteiger partial charge on any atom is 0.302 e. The second-order valence-electron chi connectivity index (χ2n) is 12.7. The molecule has 0 aromatic heterocycles. The number of esters is 1. The molecule has 0 aliphatic heterocycles. The molecule has 4 aliphatic rings. The molecule has 8 atom stereocenters. The fraction of sp³-hybridized carbons (Fsp3) is 0.897. The van der Waals surface area contributed by atoms with Crippen molar-refractivity contribution in [1.29, 1.82) is 0 Å². The van der Waals surface area contributed by atoms with Crippen LogP contribution in [-0.4, -0.2) is 23.3 Å². The molecule has 2 bridgehead atoms. The molecule has 32 heavy (non-hydrogen) atoms. The topological polar surface area (TPSA) is 46.5 Å². The van der Waals surface area contributed by atoms with Gasteiger partial charge in [0.2, 0.25) is 0 Å². The van der Waals surface area contributed by atoms with Crippen LogP contribution in [0.2, 0.25) is 0 Å². The van der Waals surface area contributed by atoms with E-state index in [-0.39, 0.29) is 23.6 Å². The van der Waals surface area contributed by atoms with Crippen LogP contribution in [0.1, 0.15) is 118 Å². The molecule has 0 saturated heterocycles. The molecule has 3 nitrogen and oxygen atoms in total. The van der Waals surface area contributed by atoms with E-state index in [1.54, 1.807) is 12.5 Å². The Morgan fingerprint density at radius 1 is 1.19 bits per heavy atom. The van der Waals surface area contributed by atoms with Gasteiger partial charge in [-0.25, -0.2) is 0 Å². The highest BCUT2D eigenvalue weighted by Gasteiger charge is 2.52. The van der Waals surface area contributed by atoms with Crippen LogP contribution < -0.4 is 0 Å². The predicted molar refractivity (Wildman–Crippen MR) is 130 cm³/mol. The molecule has 0 aromatic carbocycles. The fourth-order valence-electron chi connectivity index (χ4n) is 8.80. The van der Waals surface area contributed by atoms with Crippen molar-refractivity contribution < 1.29 is 14.6 Å². The van der Waals surface area contributed by atoms with Crippen LogP contribution >= 0.6 is 0 Å². The minimum absolute atomic E-state index is 0.0452. The molecule has 3 fully saturated rings. The average Bonchev–Trinajstić information content (AvgIpc) is 3.05. The maximum atomic E-state index is 11.9. The highest BCUT2D eigenvalue weighted by molar-refractivity contribution is 5.66. The fourth-order valence-corrected chi connectivity index (χ4v) is 8.80. The highest BCUT2D eigenvalue weighted by atomic mass is 16.5. The van der Waals surface area contributed by atoms with Gasteiger partial charge in [0.05, 0.1) is 6.10 Å². The lowest BCUT2D eigenvalue weighted by molar-refractivity contribution is -0.148. The number of carbonyl (C=O) groups is 1. The number of allylic oxidation sites excluding steroid dienone is 2. The molecule has 0 aromatic rings. The number of fused-ring (bicyclic) bond motifs is 3. The third-order valence-corrected chi connectivity index (χ3v) is 10.0. The number of aliphatic hydroxyl groups excluding tert-OH is 1. The largest absolute Gasteiger partial charge is 0.463 e. The van der Waals surface area contributed by atoms with Gasteiger partial charge in [0.1, 0.15) is 6.10 Å². The van der Waals surface area contributed by atoms with E-state index in [1.165, 1.54) is 64.2 Å². The number of hydrogen-bond acceptors (Lipinski definition) is 3. The first-order valence-corrected chi connectivity index (χ1v) is 13.7. The lowest BCUT2D eigenvalue weighted by atomic mass is 9.61. The summed E-state index contributed by atoms with van der Waals surface area (Å²) in [6.45, 7) is 8.87. The van der Waals surface area contributed by atoms with Gasteiger partial charge in [-0.15, -0.1) is 0 Å². The van der Waals surface area contributed by atoms with Crippen molar-refractivity contribution in [3.63, 3.8) is 0 Å². The van der Waals surface area contributed by atoms with Crippen LogP contribution in [0.5, 0.6) is 0 Å². The Balaban J connectivity index is 1.32. The molecule has 0 heterocycles. The van der Waals surface area contributed by atoms with Crippen molar-refractivity contribution in [2.75, 3.05) is 0 Å². The highest BCUT2D eigenvalue weighted by Crippen LogP contribution is 2.58. The zero-order valence-corrected chi connectivity index (χ0v) is 21.2. The summed E-state index contributed by atoms with van der Waals surface area (Å²) in [7, 11) is 0. The SMILES string of the molecule is CC(=O)OC(CCC[C@@H](C)C1CCC2C(O)CCCC21C)CC1(C)C=C2CCCC(C2)C1. The summed E-state index contributed by atoms with van der Waals surface area (Å²) in [5.74, 6) is 2.64. The molecule has 3 heteroatoms. The number of aliphatic hydroxyl groups is 1. The van der Waals surface area contributed by atoms with Crippen LogP contribution in [0.4, 0.5) is 0 Å². The molecule has 3 saturated carbocycles. The number of ether oxygens (including phenoxy) is 1. The molecule has 1 N–H and O–H groups in total. The van der Waals surface area contributed by atoms with Crippen LogP contribution in [0, 0.1) is 34.5 Å². The molecule has 0 amide bonds. The predicted octanol–water partition coefficient (Wildman–Crippen LogP) is 7.22. The summed E-state index contributed by atoms with van der Waals surface area (Å²) in [6, 6.07) is 0. The standard InChI is InChI=1S/C29H48O3/c1-20(25-13-14-26-27(31)12-7-15-29(25,26)4)8-5-11-24(32-21(2)30)19-28(3)17-22-9-6-10-23(16-22)18-28/h17,20,23-27,31H,5-16,18-19H2,1-4H3/t20-,23?,24?,25?,26?,27?,28?,29?/m1/s1. The Bertz CT molecular complexity index is 699. The van der Waals surface area contributed by atoms with Crippen molar-refractivity contribution in [2.45, 2.75) is 130 Å². The van der Waals surface area contributed by atoms with Crippen LogP contribution in [-0.2, 0) is 9.53 Å². The van der Waals surface area contributed by atoms with Gasteiger partial charge < -0.3 is 9.84 Å². The zero-order valence-electron chi connectivity index (χ0n) is 21.2. The summed E-state index contributed by atoms with van der Waals surface area (Å²) < 4.78 is 5.87. The molecular weight excluding hydrogens is 396 g/mol. The zero-order chi connectivity index (χ0) is 22.9. The Morgan fingerprint density at radius 3 is 2.75 bits per heavy atom. The quantitative estimate of drug-likeness (QED) is 0.317. The minimum Gasteiger partial charge on any atom is -0.463 e. The van der Waals surface area contributed by atoms with E-state index in [0.29, 0.717) is 17.3 Å². The molecule has 4 rings (SSSR count). The first kappa shape index (κ1) is 24.3. The number of rotatable bonds is 8. The summed E-state index contributed by atoms with van der Waals surface area (Å²) in [5.41, 5.74) is 2.17. The number of carbonyl (C=O) groups excluding carboxylic acids is 1. The lowest BCUT2D eigenvalue weighted by Crippen LogP contribution is -2.41. The van der Waals surface area contributed by atoms with E-state index in [4.69, 9.17) is 4.74 Å². The Hall–Kier alpha value is -0.830. The van der Waals surface area contributed by atoms with Gasteiger partial charge in [0, 0.05) is 6.92 Å². The second-order valence-corrected chi connectivity index (χ2v) is 12.7. The summed E-state index contributed by atoms with van der Waals surface area (Å²) in [4.78, 5) is 11.9. The minimum atomic E-state index is -0.127. The van der Waals surface area contributed by atoms with E-state index in [9.17, 15) is 9.90 Å². The molecule has 182 valence electrons. The van der Waals surface area contributed by atoms with Gasteiger partial charge in [-0.3, -0.25) is 4.79 Å². The van der Waals surface area contributed by atoms with Gasteiger partial charge in [-0.1, -0.05) is 45.3 Å². The van der Waals surface area contributed by atoms with E-state index >= 15 is 0 Å². The summed E-state index contributed by atoms with van der Waals surface area (Å²) >= 11 is 0. The lowest BCUT2D eigenvalue weighted by Gasteiger charge is -2.45. The Morgan fingerprint density at radius 2 is 2.00 bits per heavy atom. The molecule has 7 unspecified atom stereocenters. The monoisotopic (exact) mass is 444 g/mol. The third kappa shape index (κ3) is 5.29. The first-order chi connectivity index (χ1) is 15.2. The normalized spacial score (nSPS) is 40.8. The average molecular weight is 445 g/mol. The van der Waals surface area contributed by atoms with Crippen molar-refractivity contribution in [3.05, 3.63) is 11.6 Å². The smallest absolute Gasteiger partial charge is 0.302 e. The van der Waals surface area contributed by atoms with Crippen molar-refractivity contribution in [3.8, 4) is 0 Å². The third-order valence-electron chi connectivity index (χ3n) is 10.0. The van der Waals surface area contributed by atoms with Gasteiger partial charge in [0.15, 0.2) is 0 Å². The van der Waals surface area contributed by atoms with Crippen molar-refractivity contribution >= 4 is 5.97 Å². The number of hydrogen-bond donors (Lipinski definition) is 1. The second kappa shape index (κ2) is 9.80. The first-order valence-electron chi connectivity index (χ1n) is 13.7. The van der Waals surface area contributed by atoms with Crippen molar-refractivity contribution in [2.24, 2.45) is 34.5 Å². The molecular formula is C29H48O3. The van der Waals surface area contributed by atoms with Gasteiger partial charge >= 0.3 is 5.97 Å². The van der Waals surface area contributed by atoms with Gasteiger partial charge in [-0.2, -0.15) is 0 Å². The molecule has 4 aliphatic carbocycles. The van der Waals surface area contributed by atoms with E-state index < -0.39 is 0 Å². The van der Waals surface area contributed by atoms with E-state index in [0.717, 1.165) is 37.5 Å². The molecule has 0 spiro atoms. The van der Waals surface area contributed by atoms with Crippen LogP contribution in [0.15, 0.2) is 11.6 Å². The van der Waals surface area contributed by atoms with Crippen molar-refractivity contribution in [1.82, 2.24) is 0 Å².